The Kier molecular flexibility index (Phi) is 9.48. The summed E-state index contributed by atoms with van der Waals surface area (Å²) >= 11 is 0. The van der Waals surface area contributed by atoms with Crippen LogP contribution in [0.3, 0.4) is 0 Å². The van der Waals surface area contributed by atoms with E-state index in [9.17, 15) is 23.4 Å². The summed E-state index contributed by atoms with van der Waals surface area (Å²) in [5, 5.41) is 29.0. The van der Waals surface area contributed by atoms with Crippen molar-refractivity contribution in [3.05, 3.63) is 30.5 Å². The largest absolute Gasteiger partial charge is 0.495 e. The molecule has 47 heavy (non-hydrogen) atoms. The number of hydrogen-bond donors (Lipinski definition) is 4. The van der Waals surface area contributed by atoms with Gasteiger partial charge in [-0.25, -0.2) is 17.9 Å². The van der Waals surface area contributed by atoms with E-state index in [0.717, 1.165) is 57.8 Å². The van der Waals surface area contributed by atoms with Gasteiger partial charge in [-0.3, -0.25) is 0 Å². The third-order valence-corrected chi connectivity index (χ3v) is 14.8. The van der Waals surface area contributed by atoms with Gasteiger partial charge in [0.2, 0.25) is 0 Å². The van der Waals surface area contributed by atoms with Crippen molar-refractivity contribution in [2.45, 2.75) is 103 Å². The van der Waals surface area contributed by atoms with Gasteiger partial charge in [-0.05, 0) is 122 Å². The molecule has 0 aliphatic heterocycles. The van der Waals surface area contributed by atoms with Crippen LogP contribution >= 0.6 is 0 Å². The van der Waals surface area contributed by atoms with Gasteiger partial charge in [0.25, 0.3) is 10.0 Å². The molecule has 1 heterocycles. The molecule has 1 aromatic heterocycles. The lowest BCUT2D eigenvalue weighted by Crippen LogP contribution is -2.62. The van der Waals surface area contributed by atoms with Crippen molar-refractivity contribution in [1.82, 2.24) is 15.2 Å². The van der Waals surface area contributed by atoms with Gasteiger partial charge in [0.1, 0.15) is 10.6 Å². The van der Waals surface area contributed by atoms with Crippen LogP contribution in [0.5, 0.6) is 5.75 Å². The van der Waals surface area contributed by atoms with Crippen molar-refractivity contribution in [2.75, 3.05) is 13.7 Å². The highest BCUT2D eigenvalue weighted by Crippen LogP contribution is 2.69. The molecule has 6 rings (SSSR count). The highest BCUT2D eigenvalue weighted by molar-refractivity contribution is 7.90. The van der Waals surface area contributed by atoms with Gasteiger partial charge in [0.05, 0.1) is 25.5 Å². The number of carbonyl (C=O) groups excluding carboxylic acids is 1. The lowest BCUT2D eigenvalue weighted by atomic mass is 9.41. The molecule has 11 atom stereocenters. The van der Waals surface area contributed by atoms with E-state index in [1.165, 1.54) is 25.4 Å². The van der Waals surface area contributed by atoms with E-state index in [1.807, 2.05) is 0 Å². The summed E-state index contributed by atoms with van der Waals surface area (Å²) in [6.07, 6.45) is 9.86. The number of nitrogens with zero attached hydrogens (tertiary/aromatic N) is 1. The number of aromatic nitrogens is 1. The first-order valence-electron chi connectivity index (χ1n) is 17.6. The van der Waals surface area contributed by atoms with Gasteiger partial charge in [0, 0.05) is 18.2 Å². The van der Waals surface area contributed by atoms with Crippen molar-refractivity contribution < 1.29 is 32.7 Å². The van der Waals surface area contributed by atoms with E-state index >= 15 is 0 Å². The minimum atomic E-state index is -4.19. The summed E-state index contributed by atoms with van der Waals surface area (Å²) in [6.45, 7) is 9.73. The fourth-order valence-corrected chi connectivity index (χ4v) is 12.2. The molecule has 1 aromatic carbocycles. The molecule has 2 aromatic rings. The second-order valence-corrected chi connectivity index (χ2v) is 17.1. The Morgan fingerprint density at radius 3 is 2.53 bits per heavy atom. The topological polar surface area (TPSA) is 151 Å². The van der Waals surface area contributed by atoms with Crippen molar-refractivity contribution in [3.63, 3.8) is 0 Å². The zero-order chi connectivity index (χ0) is 33.7. The lowest BCUT2D eigenvalue weighted by molar-refractivity contribution is -0.203. The zero-order valence-electron chi connectivity index (χ0n) is 28.4. The predicted molar refractivity (Wildman–Crippen MR) is 178 cm³/mol. The number of aliphatic hydroxyl groups is 2. The summed E-state index contributed by atoms with van der Waals surface area (Å²) in [6, 6.07) is 5.37. The van der Waals surface area contributed by atoms with E-state index in [0.29, 0.717) is 53.4 Å². The minimum Gasteiger partial charge on any atom is -0.495 e. The van der Waals surface area contributed by atoms with E-state index in [2.05, 4.69) is 42.9 Å². The average molecular weight is 672 g/mol. The summed E-state index contributed by atoms with van der Waals surface area (Å²) in [7, 11) is -2.82. The number of fused-ring (bicyclic) bond motifs is 5. The predicted octanol–water partition coefficient (Wildman–Crippen LogP) is 5.99. The highest BCUT2D eigenvalue weighted by atomic mass is 32.2. The van der Waals surface area contributed by atoms with Gasteiger partial charge >= 0.3 is 6.03 Å². The van der Waals surface area contributed by atoms with Crippen molar-refractivity contribution >= 4 is 16.1 Å². The maximum absolute atomic E-state index is 13.1. The number of methoxy groups -OCH3 is 1. The fourth-order valence-electron chi connectivity index (χ4n) is 11.2. The van der Waals surface area contributed by atoms with Gasteiger partial charge in [-0.1, -0.05) is 39.3 Å². The lowest BCUT2D eigenvalue weighted by Gasteiger charge is -2.64. The second-order valence-electron chi connectivity index (χ2n) is 15.5. The highest BCUT2D eigenvalue weighted by Gasteiger charge is 2.64. The summed E-state index contributed by atoms with van der Waals surface area (Å²) < 4.78 is 38.9. The summed E-state index contributed by atoms with van der Waals surface area (Å²) in [5.41, 5.74) is 0.899. The van der Waals surface area contributed by atoms with Crippen LogP contribution in [0.15, 0.2) is 39.9 Å². The molecule has 2 amide bonds. The number of sulfonamides is 1. The van der Waals surface area contributed by atoms with Crippen LogP contribution in [0.2, 0.25) is 0 Å². The number of carbonyl (C=O) groups is 1. The van der Waals surface area contributed by atoms with Crippen molar-refractivity contribution in [1.29, 1.82) is 0 Å². The molecule has 4 fully saturated rings. The molecular weight excluding hydrogens is 618 g/mol. The number of hydrogen-bond acceptors (Lipinski definition) is 8. The first kappa shape index (κ1) is 34.2. The molecule has 4 aliphatic rings. The monoisotopic (exact) mass is 671 g/mol. The Hall–Kier alpha value is -2.63. The molecule has 0 bridgehead atoms. The van der Waals surface area contributed by atoms with Crippen LogP contribution in [0.1, 0.15) is 85.5 Å². The smallest absolute Gasteiger partial charge is 0.328 e. The van der Waals surface area contributed by atoms with Crippen LogP contribution in [-0.4, -0.2) is 55.7 Å². The third-order valence-electron chi connectivity index (χ3n) is 13.4. The quantitative estimate of drug-likeness (QED) is 0.254. The first-order valence-corrected chi connectivity index (χ1v) is 19.1. The molecule has 10 nitrogen and oxygen atoms in total. The molecule has 0 spiro atoms. The minimum absolute atomic E-state index is 0.0884. The van der Waals surface area contributed by atoms with E-state index in [-0.39, 0.29) is 39.6 Å². The average Bonchev–Trinajstić information content (AvgIpc) is 3.70. The molecule has 11 heteroatoms. The number of ether oxygens (including phenoxy) is 1. The summed E-state index contributed by atoms with van der Waals surface area (Å²) in [4.78, 5) is 12.6. The maximum Gasteiger partial charge on any atom is 0.328 e. The van der Waals surface area contributed by atoms with Crippen molar-refractivity contribution in [2.24, 2.45) is 52.3 Å². The Bertz CT molecular complexity index is 1530. The van der Waals surface area contributed by atoms with Gasteiger partial charge in [0.15, 0.2) is 5.76 Å². The standard InChI is InChI=1S/C36H53N3O7S/c1-6-24-28-20-23(40)11-15-36(28,4)27-12-16-35(3)25(8-9-26(35)32(27)33(24)41)21(2)13-17-37-34(42)39-47(43,44)31-10-7-22(19-30(31)45-5)29-14-18-38-46-29/h7,10,14,18-19,21,23-28,32-33,40-41H,6,8-9,11-13,15-17,20H2,1-5H3,(H2,37,39,42)/t21-,23-,24-,25-,26+,27+,28+,32+,33-,35-,36-/m1/s1. The molecule has 0 unspecified atom stereocenters. The third kappa shape index (κ3) is 5.98. The van der Waals surface area contributed by atoms with Crippen LogP contribution in [-0.2, 0) is 10.0 Å². The van der Waals surface area contributed by atoms with E-state index in [4.69, 9.17) is 9.26 Å². The van der Waals surface area contributed by atoms with Gasteiger partial charge < -0.3 is 24.8 Å². The van der Waals surface area contributed by atoms with Crippen LogP contribution < -0.4 is 14.8 Å². The molecule has 0 radical (unpaired) electrons. The zero-order valence-corrected chi connectivity index (χ0v) is 29.3. The van der Waals surface area contributed by atoms with Gasteiger partial charge in [-0.15, -0.1) is 0 Å². The molecule has 0 saturated heterocycles. The molecular formula is C36H53N3O7S. The van der Waals surface area contributed by atoms with Crippen molar-refractivity contribution in [3.8, 4) is 17.1 Å². The van der Waals surface area contributed by atoms with Crippen LogP contribution in [0, 0.1) is 52.3 Å². The first-order chi connectivity index (χ1) is 22.3. The molecule has 4 saturated carbocycles. The van der Waals surface area contributed by atoms with E-state index in [1.54, 1.807) is 12.1 Å². The number of rotatable bonds is 9. The number of nitrogens with one attached hydrogen (secondary N) is 2. The Labute approximate surface area is 279 Å². The maximum atomic E-state index is 13.1. The molecule has 4 aliphatic carbocycles. The molecule has 260 valence electrons. The number of aliphatic hydroxyl groups excluding tert-OH is 2. The van der Waals surface area contributed by atoms with Gasteiger partial charge in [-0.2, -0.15) is 0 Å². The SMILES string of the molecule is CC[C@H]1[C@@H](O)[C@@H]2[C@H](CC[C@]3(C)[C@@H]([C@H](C)CCNC(=O)NS(=O)(=O)c4ccc(-c5ccno5)cc4OC)CC[C@@H]23)[C@@]2(C)CC[C@@H](O)C[C@@H]12. The second kappa shape index (κ2) is 13.0. The number of amides is 2. The Morgan fingerprint density at radius 2 is 1.83 bits per heavy atom. The fraction of sp³-hybridized carbons (Fsp3) is 0.722. The normalized spacial score (nSPS) is 37.3. The van der Waals surface area contributed by atoms with Crippen LogP contribution in [0.25, 0.3) is 11.3 Å². The summed E-state index contributed by atoms with van der Waals surface area (Å²) in [5.74, 6) is 3.24. The van der Waals surface area contributed by atoms with Crippen LogP contribution in [0.4, 0.5) is 4.79 Å². The number of benzene rings is 1. The Morgan fingerprint density at radius 1 is 1.09 bits per heavy atom. The number of urea groups is 1. The molecule has 4 N–H and O–H groups in total. The van der Waals surface area contributed by atoms with E-state index < -0.39 is 16.1 Å². The Balaban J connectivity index is 1.07.